The lowest BCUT2D eigenvalue weighted by molar-refractivity contribution is -0.137. The van der Waals surface area contributed by atoms with Gasteiger partial charge in [0.2, 0.25) is 5.82 Å². The van der Waals surface area contributed by atoms with Gasteiger partial charge in [-0.05, 0) is 37.3 Å². The van der Waals surface area contributed by atoms with E-state index < -0.39 is 30.4 Å². The van der Waals surface area contributed by atoms with Gasteiger partial charge in [0.05, 0.1) is 19.1 Å². The zero-order valence-electron chi connectivity index (χ0n) is 19.4. The molecule has 3 aromatic rings. The summed E-state index contributed by atoms with van der Waals surface area (Å²) >= 11 is 0. The molecule has 0 spiro atoms. The summed E-state index contributed by atoms with van der Waals surface area (Å²) in [6, 6.07) is 3.37. The van der Waals surface area contributed by atoms with Crippen LogP contribution >= 0.6 is 0 Å². The van der Waals surface area contributed by atoms with E-state index >= 15 is 0 Å². The molecule has 1 aliphatic carbocycles. The molecule has 5 N–H and O–H groups in total. The fourth-order valence-electron chi connectivity index (χ4n) is 4.24. The Labute approximate surface area is 205 Å². The van der Waals surface area contributed by atoms with Crippen LogP contribution in [-0.4, -0.2) is 84.4 Å². The molecule has 0 bridgehead atoms. The Kier molecular flexibility index (Phi) is 6.31. The number of fused-ring (bicyclic) bond motifs is 1. The van der Waals surface area contributed by atoms with Gasteiger partial charge in [-0.25, -0.2) is 15.0 Å². The Morgan fingerprint density at radius 2 is 2.11 bits per heavy atom. The Bertz CT molecular complexity index is 1340. The number of imidazole rings is 1. The summed E-state index contributed by atoms with van der Waals surface area (Å²) in [5.74, 6) is 5.36. The predicted octanol–water partition coefficient (Wildman–Crippen LogP) is -0.587. The monoisotopic (exact) mass is 495 g/mol. The highest BCUT2D eigenvalue weighted by Crippen LogP contribution is 2.32. The van der Waals surface area contributed by atoms with Gasteiger partial charge in [-0.15, -0.1) is 0 Å². The maximum atomic E-state index is 12.8. The van der Waals surface area contributed by atoms with E-state index in [1.165, 1.54) is 24.2 Å². The summed E-state index contributed by atoms with van der Waals surface area (Å²) in [4.78, 5) is 39.3. The number of nitrogen functional groups attached to an aromatic ring is 1. The third kappa shape index (κ3) is 4.15. The number of carbonyl (C=O) groups is 2. The van der Waals surface area contributed by atoms with Crippen molar-refractivity contribution in [3.8, 4) is 11.8 Å². The second kappa shape index (κ2) is 9.57. The zero-order valence-corrected chi connectivity index (χ0v) is 19.4. The normalized spacial score (nSPS) is 23.6. The van der Waals surface area contributed by atoms with Gasteiger partial charge in [0, 0.05) is 13.1 Å². The molecule has 5 rings (SSSR count). The van der Waals surface area contributed by atoms with Crippen LogP contribution in [0.4, 0.5) is 5.82 Å². The quantitative estimate of drug-likeness (QED) is 0.334. The predicted molar refractivity (Wildman–Crippen MR) is 124 cm³/mol. The van der Waals surface area contributed by atoms with E-state index in [0.717, 1.165) is 19.3 Å². The molecule has 0 radical (unpaired) electrons. The average Bonchev–Trinajstić information content (AvgIpc) is 3.57. The number of hydrogen-bond acceptors (Lipinski definition) is 10. The van der Waals surface area contributed by atoms with Crippen LogP contribution in [0.5, 0.6) is 0 Å². The Hall–Kier alpha value is -3.99. The summed E-state index contributed by atoms with van der Waals surface area (Å²) in [7, 11) is 1.40. The molecule has 1 saturated carbocycles. The number of nitrogens with zero attached hydrogens (tertiary/aromatic N) is 5. The summed E-state index contributed by atoms with van der Waals surface area (Å²) in [5, 5.41) is 23.2. The number of amides is 2. The van der Waals surface area contributed by atoms with E-state index in [4.69, 9.17) is 14.9 Å². The minimum absolute atomic E-state index is 0.0569. The highest BCUT2D eigenvalue weighted by molar-refractivity contribution is 5.92. The van der Waals surface area contributed by atoms with E-state index in [9.17, 15) is 19.8 Å². The van der Waals surface area contributed by atoms with Crippen molar-refractivity contribution >= 4 is 28.8 Å². The minimum Gasteiger partial charge on any atom is -0.459 e. The van der Waals surface area contributed by atoms with Crippen LogP contribution in [-0.2, 0) is 9.53 Å². The van der Waals surface area contributed by atoms with Crippen molar-refractivity contribution in [1.29, 1.82) is 0 Å². The first kappa shape index (κ1) is 23.7. The minimum atomic E-state index is -1.45. The van der Waals surface area contributed by atoms with Gasteiger partial charge in [0.25, 0.3) is 11.8 Å². The number of likely N-dealkylation sites (N-methyl/N-ethyl adjacent to an activating group) is 1. The number of rotatable bonds is 5. The van der Waals surface area contributed by atoms with E-state index in [2.05, 4.69) is 32.1 Å². The molecule has 1 saturated heterocycles. The van der Waals surface area contributed by atoms with E-state index in [1.807, 2.05) is 0 Å². The number of hydrogen-bond donors (Lipinski definition) is 4. The zero-order chi connectivity index (χ0) is 25.4. The van der Waals surface area contributed by atoms with Gasteiger partial charge < -0.3 is 35.3 Å². The lowest BCUT2D eigenvalue weighted by atomic mass is 9.91. The van der Waals surface area contributed by atoms with Crippen molar-refractivity contribution < 1.29 is 29.0 Å². The van der Waals surface area contributed by atoms with Crippen LogP contribution < -0.4 is 11.1 Å². The van der Waals surface area contributed by atoms with Gasteiger partial charge in [-0.3, -0.25) is 14.2 Å². The first-order chi connectivity index (χ1) is 17.4. The number of aromatic nitrogens is 4. The molecule has 1 unspecified atom stereocenters. The van der Waals surface area contributed by atoms with Crippen molar-refractivity contribution in [2.45, 2.75) is 49.8 Å². The summed E-state index contributed by atoms with van der Waals surface area (Å²) in [6.07, 6.45) is 0.357. The van der Waals surface area contributed by atoms with Gasteiger partial charge in [-0.2, -0.15) is 0 Å². The summed E-state index contributed by atoms with van der Waals surface area (Å²) in [5.41, 5.74) is 6.52. The summed E-state index contributed by atoms with van der Waals surface area (Å²) in [6.45, 7) is 0.148. The van der Waals surface area contributed by atoms with Gasteiger partial charge in [0.1, 0.15) is 17.7 Å². The molecule has 1 aliphatic heterocycles. The maximum Gasteiger partial charge on any atom is 0.290 e. The van der Waals surface area contributed by atoms with E-state index in [-0.39, 0.29) is 47.1 Å². The van der Waals surface area contributed by atoms with Crippen molar-refractivity contribution in [2.75, 3.05) is 19.3 Å². The number of ether oxygens (including phenoxy) is 1. The molecular formula is C23H25N7O6. The standard InChI is InChI=1S/C23H25N7O6/c1-25-21(33)18-16(31)17(32)23(36-18)30-11-26-15-19(24)27-14(28-20(15)30)8-3-9-29(12-5-2-6-12)22(34)13-7-4-10-35-13/h4,7,10-12,16-18,23,31-32H,2,5-6,9H2,1H3,(H,25,33)(H2,24,27,28)/t16-,17?,18-,23+/m0/s1. The van der Waals surface area contributed by atoms with Gasteiger partial charge in [-0.1, -0.05) is 5.92 Å². The molecule has 36 heavy (non-hydrogen) atoms. The lowest BCUT2D eigenvalue weighted by Gasteiger charge is -2.35. The number of anilines is 1. The molecule has 4 heterocycles. The van der Waals surface area contributed by atoms with Crippen molar-refractivity contribution in [3.63, 3.8) is 0 Å². The molecule has 188 valence electrons. The molecule has 2 amide bonds. The summed E-state index contributed by atoms with van der Waals surface area (Å²) < 4.78 is 12.2. The molecule has 13 nitrogen and oxygen atoms in total. The fourth-order valence-corrected chi connectivity index (χ4v) is 4.24. The van der Waals surface area contributed by atoms with Gasteiger partial charge >= 0.3 is 0 Å². The molecule has 2 aliphatic rings. The SMILES string of the molecule is CNC(=O)[C@H]1O[C@@H](n2cnc3c(N)nc(C#CCN(C(=O)c4ccco4)C4CCC4)nc32)C(O)[C@@H]1O. The van der Waals surface area contributed by atoms with Gasteiger partial charge in [0.15, 0.2) is 29.6 Å². The largest absolute Gasteiger partial charge is 0.459 e. The lowest BCUT2D eigenvalue weighted by Crippen LogP contribution is -2.44. The number of nitrogens with one attached hydrogen (secondary N) is 1. The molecule has 4 atom stereocenters. The Morgan fingerprint density at radius 3 is 2.78 bits per heavy atom. The average molecular weight is 495 g/mol. The van der Waals surface area contributed by atoms with Crippen molar-refractivity contribution in [3.05, 3.63) is 36.3 Å². The number of nitrogens with two attached hydrogens (primary N) is 1. The molecular weight excluding hydrogens is 470 g/mol. The Morgan fingerprint density at radius 1 is 1.31 bits per heavy atom. The van der Waals surface area contributed by atoms with Crippen LogP contribution in [0, 0.1) is 11.8 Å². The van der Waals surface area contributed by atoms with E-state index in [0.29, 0.717) is 0 Å². The van der Waals surface area contributed by atoms with E-state index in [1.54, 1.807) is 17.0 Å². The Balaban J connectivity index is 1.41. The molecule has 0 aromatic carbocycles. The second-order valence-corrected chi connectivity index (χ2v) is 8.60. The molecule has 2 fully saturated rings. The van der Waals surface area contributed by atoms with Crippen molar-refractivity contribution in [2.24, 2.45) is 0 Å². The number of furan rings is 1. The third-order valence-corrected chi connectivity index (χ3v) is 6.42. The van der Waals surface area contributed by atoms with Crippen LogP contribution in [0.25, 0.3) is 11.2 Å². The number of carbonyl (C=O) groups excluding carboxylic acids is 2. The smallest absolute Gasteiger partial charge is 0.290 e. The molecule has 13 heteroatoms. The van der Waals surface area contributed by atoms with Crippen LogP contribution in [0.2, 0.25) is 0 Å². The second-order valence-electron chi connectivity index (χ2n) is 8.60. The first-order valence-electron chi connectivity index (χ1n) is 11.5. The number of aliphatic hydroxyl groups is 2. The van der Waals surface area contributed by atoms with Crippen LogP contribution in [0.3, 0.4) is 0 Å². The molecule has 3 aromatic heterocycles. The third-order valence-electron chi connectivity index (χ3n) is 6.42. The first-order valence-corrected chi connectivity index (χ1v) is 11.5. The van der Waals surface area contributed by atoms with Crippen LogP contribution in [0.15, 0.2) is 29.1 Å². The highest BCUT2D eigenvalue weighted by Gasteiger charge is 2.47. The van der Waals surface area contributed by atoms with Crippen molar-refractivity contribution in [1.82, 2.24) is 29.7 Å². The fraction of sp³-hybridized carbons (Fsp3) is 0.435. The topological polar surface area (TPSA) is 182 Å². The maximum absolute atomic E-state index is 12.8. The van der Waals surface area contributed by atoms with Crippen LogP contribution in [0.1, 0.15) is 41.9 Å². The highest BCUT2D eigenvalue weighted by atomic mass is 16.6. The number of aliphatic hydroxyl groups excluding tert-OH is 2.